The highest BCUT2D eigenvalue weighted by molar-refractivity contribution is 5.27. The number of nitrogens with two attached hydrogens (primary N) is 1. The Kier molecular flexibility index (Phi) is 4.86. The normalized spacial score (nSPS) is 13.2. The van der Waals surface area contributed by atoms with Gasteiger partial charge in [-0.2, -0.15) is 0 Å². The highest BCUT2D eigenvalue weighted by atomic mass is 14.5. The van der Waals surface area contributed by atoms with Gasteiger partial charge < -0.3 is 5.73 Å². The average Bonchev–Trinajstić information content (AvgIpc) is 2.04. The van der Waals surface area contributed by atoms with Crippen molar-refractivity contribution in [3.8, 4) is 0 Å². The summed E-state index contributed by atoms with van der Waals surface area (Å²) in [5.74, 6) is 0.483. The van der Waals surface area contributed by atoms with E-state index in [0.29, 0.717) is 11.6 Å². The molecule has 0 aliphatic heterocycles. The molecule has 0 heterocycles. The summed E-state index contributed by atoms with van der Waals surface area (Å²) >= 11 is 0. The summed E-state index contributed by atoms with van der Waals surface area (Å²) in [7, 11) is 0. The summed E-state index contributed by atoms with van der Waals surface area (Å²) in [5, 5.41) is 0. The van der Waals surface area contributed by atoms with E-state index in [2.05, 4.69) is 27.0 Å². The predicted octanol–water partition coefficient (Wildman–Crippen LogP) is 2.78. The molecule has 0 aromatic rings. The molecule has 0 aliphatic rings. The molecule has 0 fully saturated rings. The lowest BCUT2D eigenvalue weighted by molar-refractivity contribution is 0.792. The molecule has 0 unspecified atom stereocenters. The summed E-state index contributed by atoms with van der Waals surface area (Å²) in [4.78, 5) is 0. The van der Waals surface area contributed by atoms with Gasteiger partial charge in [0, 0.05) is 5.70 Å². The number of rotatable bonds is 4. The van der Waals surface area contributed by atoms with Crippen molar-refractivity contribution in [3.05, 3.63) is 48.7 Å². The molecule has 12 heavy (non-hydrogen) atoms. The molecule has 66 valence electrons. The molecule has 0 spiro atoms. The minimum atomic E-state index is 0.483. The van der Waals surface area contributed by atoms with Crippen LogP contribution >= 0.6 is 0 Å². The molecule has 0 atom stereocenters. The summed E-state index contributed by atoms with van der Waals surface area (Å²) in [5.41, 5.74) is 7.40. The first-order valence-corrected chi connectivity index (χ1v) is 4.04. The summed E-state index contributed by atoms with van der Waals surface area (Å²) in [6, 6.07) is 0. The molecule has 0 aromatic carbocycles. The molecule has 0 aliphatic carbocycles. The molecule has 0 saturated heterocycles. The van der Waals surface area contributed by atoms with E-state index < -0.39 is 0 Å². The standard InChI is InChI=1S/C11H17N/c1-5-10(9(3)4)7-8-11(12)6-2/h5-9H,1-2,12H2,3-4H3/b10-7+,11-8+. The lowest BCUT2D eigenvalue weighted by atomic mass is 10.0. The van der Waals surface area contributed by atoms with Crippen LogP contribution in [0.4, 0.5) is 0 Å². The second-order valence-electron chi connectivity index (χ2n) is 2.90. The van der Waals surface area contributed by atoms with Crippen LogP contribution in [0.15, 0.2) is 48.7 Å². The van der Waals surface area contributed by atoms with Crippen molar-refractivity contribution >= 4 is 0 Å². The van der Waals surface area contributed by atoms with Gasteiger partial charge in [0.1, 0.15) is 0 Å². The Bertz CT molecular complexity index is 219. The van der Waals surface area contributed by atoms with Crippen LogP contribution in [0.3, 0.4) is 0 Å². The average molecular weight is 163 g/mol. The topological polar surface area (TPSA) is 26.0 Å². The Morgan fingerprint density at radius 1 is 1.17 bits per heavy atom. The van der Waals surface area contributed by atoms with Crippen molar-refractivity contribution in [3.63, 3.8) is 0 Å². The predicted molar refractivity (Wildman–Crippen MR) is 55.6 cm³/mol. The zero-order valence-corrected chi connectivity index (χ0v) is 7.88. The lowest BCUT2D eigenvalue weighted by Crippen LogP contribution is -1.92. The third kappa shape index (κ3) is 3.81. The van der Waals surface area contributed by atoms with Gasteiger partial charge in [-0.05, 0) is 23.6 Å². The second kappa shape index (κ2) is 5.42. The van der Waals surface area contributed by atoms with Gasteiger partial charge in [-0.25, -0.2) is 0 Å². The summed E-state index contributed by atoms with van der Waals surface area (Å²) < 4.78 is 0. The fourth-order valence-corrected chi connectivity index (χ4v) is 0.757. The van der Waals surface area contributed by atoms with Gasteiger partial charge in [0.15, 0.2) is 0 Å². The molecule has 1 heteroatoms. The van der Waals surface area contributed by atoms with Crippen LogP contribution < -0.4 is 5.73 Å². The first-order chi connectivity index (χ1) is 5.61. The Morgan fingerprint density at radius 2 is 1.75 bits per heavy atom. The SMILES string of the molecule is C=C/C(=C\C=C(\N)C=C)C(C)C. The Morgan fingerprint density at radius 3 is 2.08 bits per heavy atom. The molecule has 0 saturated carbocycles. The maximum absolute atomic E-state index is 5.54. The van der Waals surface area contributed by atoms with Gasteiger partial charge in [0.2, 0.25) is 0 Å². The van der Waals surface area contributed by atoms with Gasteiger partial charge in [0.05, 0.1) is 0 Å². The van der Waals surface area contributed by atoms with Crippen LogP contribution in [0.25, 0.3) is 0 Å². The van der Waals surface area contributed by atoms with E-state index >= 15 is 0 Å². The maximum Gasteiger partial charge on any atom is 0.0308 e. The lowest BCUT2D eigenvalue weighted by Gasteiger charge is -2.03. The minimum absolute atomic E-state index is 0.483. The summed E-state index contributed by atoms with van der Waals surface area (Å²) in [6.07, 6.45) is 7.27. The molecule has 0 radical (unpaired) electrons. The molecule has 0 rings (SSSR count). The summed E-state index contributed by atoms with van der Waals surface area (Å²) in [6.45, 7) is 11.5. The van der Waals surface area contributed by atoms with E-state index in [4.69, 9.17) is 5.73 Å². The zero-order valence-electron chi connectivity index (χ0n) is 7.88. The van der Waals surface area contributed by atoms with E-state index in [0.717, 1.165) is 0 Å². The van der Waals surface area contributed by atoms with Crippen molar-refractivity contribution in [2.45, 2.75) is 13.8 Å². The molecular formula is C11H17N. The largest absolute Gasteiger partial charge is 0.399 e. The third-order valence-electron chi connectivity index (χ3n) is 1.61. The van der Waals surface area contributed by atoms with Crippen LogP contribution in [0.5, 0.6) is 0 Å². The second-order valence-corrected chi connectivity index (χ2v) is 2.90. The van der Waals surface area contributed by atoms with Crippen LogP contribution in [0, 0.1) is 5.92 Å². The van der Waals surface area contributed by atoms with E-state index in [9.17, 15) is 0 Å². The molecule has 0 bridgehead atoms. The quantitative estimate of drug-likeness (QED) is 0.634. The molecule has 0 aromatic heterocycles. The van der Waals surface area contributed by atoms with Crippen LogP contribution in [-0.2, 0) is 0 Å². The Labute approximate surface area is 75.0 Å². The zero-order chi connectivity index (χ0) is 9.56. The Balaban J connectivity index is 4.50. The van der Waals surface area contributed by atoms with Crippen LogP contribution in [0.2, 0.25) is 0 Å². The third-order valence-corrected chi connectivity index (χ3v) is 1.61. The van der Waals surface area contributed by atoms with Crippen molar-refractivity contribution in [1.29, 1.82) is 0 Å². The Hall–Kier alpha value is -1.24. The minimum Gasteiger partial charge on any atom is -0.399 e. The fourth-order valence-electron chi connectivity index (χ4n) is 0.757. The van der Waals surface area contributed by atoms with E-state index in [1.165, 1.54) is 5.57 Å². The first kappa shape index (κ1) is 10.8. The van der Waals surface area contributed by atoms with Gasteiger partial charge in [0.25, 0.3) is 0 Å². The van der Waals surface area contributed by atoms with Crippen LogP contribution in [0.1, 0.15) is 13.8 Å². The van der Waals surface area contributed by atoms with E-state index in [-0.39, 0.29) is 0 Å². The van der Waals surface area contributed by atoms with Gasteiger partial charge >= 0.3 is 0 Å². The number of hydrogen-bond acceptors (Lipinski definition) is 1. The van der Waals surface area contributed by atoms with Crippen molar-refractivity contribution < 1.29 is 0 Å². The van der Waals surface area contributed by atoms with Crippen LogP contribution in [-0.4, -0.2) is 0 Å². The smallest absolute Gasteiger partial charge is 0.0308 e. The number of allylic oxidation sites excluding steroid dienone is 5. The van der Waals surface area contributed by atoms with Gasteiger partial charge in [-0.1, -0.05) is 39.2 Å². The van der Waals surface area contributed by atoms with E-state index in [1.807, 2.05) is 18.2 Å². The highest BCUT2D eigenvalue weighted by Crippen LogP contribution is 2.10. The molecule has 0 amide bonds. The van der Waals surface area contributed by atoms with Gasteiger partial charge in [-0.3, -0.25) is 0 Å². The highest BCUT2D eigenvalue weighted by Gasteiger charge is 1.95. The molecular weight excluding hydrogens is 146 g/mol. The van der Waals surface area contributed by atoms with Crippen molar-refractivity contribution in [2.75, 3.05) is 0 Å². The maximum atomic E-state index is 5.54. The molecule has 1 nitrogen and oxygen atoms in total. The fraction of sp³-hybridized carbons (Fsp3) is 0.273. The van der Waals surface area contributed by atoms with Gasteiger partial charge in [-0.15, -0.1) is 0 Å². The number of hydrogen-bond donors (Lipinski definition) is 1. The van der Waals surface area contributed by atoms with Crippen molar-refractivity contribution in [1.82, 2.24) is 0 Å². The monoisotopic (exact) mass is 163 g/mol. The van der Waals surface area contributed by atoms with Crippen molar-refractivity contribution in [2.24, 2.45) is 11.7 Å². The molecule has 2 N–H and O–H groups in total. The first-order valence-electron chi connectivity index (χ1n) is 4.04. The van der Waals surface area contributed by atoms with E-state index in [1.54, 1.807) is 6.08 Å².